The second kappa shape index (κ2) is 6.17. The monoisotopic (exact) mass is 198 g/mol. The van der Waals surface area contributed by atoms with Crippen molar-refractivity contribution in [3.05, 3.63) is 12.2 Å². The van der Waals surface area contributed by atoms with Gasteiger partial charge < -0.3 is 15.8 Å². The second-order valence-corrected chi connectivity index (χ2v) is 3.93. The fourth-order valence-corrected chi connectivity index (χ4v) is 1.81. The SMILES string of the molecule is C/C=C/CCNC1(CN)CCCOC1. The molecule has 1 saturated heterocycles. The van der Waals surface area contributed by atoms with E-state index in [4.69, 9.17) is 10.5 Å². The fraction of sp³-hybridized carbons (Fsp3) is 0.818. The zero-order valence-corrected chi connectivity index (χ0v) is 9.09. The number of ether oxygens (including phenoxy) is 1. The number of rotatable bonds is 5. The van der Waals surface area contributed by atoms with Crippen LogP contribution in [0.25, 0.3) is 0 Å². The third kappa shape index (κ3) is 3.40. The summed E-state index contributed by atoms with van der Waals surface area (Å²) in [6.45, 7) is 5.35. The van der Waals surface area contributed by atoms with Gasteiger partial charge >= 0.3 is 0 Å². The highest BCUT2D eigenvalue weighted by molar-refractivity contribution is 4.92. The Morgan fingerprint density at radius 2 is 2.43 bits per heavy atom. The van der Waals surface area contributed by atoms with Crippen LogP contribution in [0.4, 0.5) is 0 Å². The molecule has 3 nitrogen and oxygen atoms in total. The largest absolute Gasteiger partial charge is 0.379 e. The minimum Gasteiger partial charge on any atom is -0.379 e. The number of hydrogen-bond acceptors (Lipinski definition) is 3. The molecular formula is C11H22N2O. The molecular weight excluding hydrogens is 176 g/mol. The molecule has 1 rings (SSSR count). The van der Waals surface area contributed by atoms with E-state index in [0.29, 0.717) is 6.54 Å². The van der Waals surface area contributed by atoms with E-state index in [9.17, 15) is 0 Å². The van der Waals surface area contributed by atoms with Crippen LogP contribution in [-0.4, -0.2) is 31.8 Å². The number of allylic oxidation sites excluding steroid dienone is 1. The second-order valence-electron chi connectivity index (χ2n) is 3.93. The third-order valence-electron chi connectivity index (χ3n) is 2.76. The van der Waals surface area contributed by atoms with E-state index in [1.165, 1.54) is 0 Å². The molecule has 14 heavy (non-hydrogen) atoms. The Labute approximate surface area is 86.7 Å². The molecule has 1 aliphatic heterocycles. The van der Waals surface area contributed by atoms with E-state index < -0.39 is 0 Å². The zero-order chi connectivity index (χ0) is 10.3. The van der Waals surface area contributed by atoms with Gasteiger partial charge in [-0.15, -0.1) is 0 Å². The van der Waals surface area contributed by atoms with Crippen molar-refractivity contribution < 1.29 is 4.74 Å². The maximum atomic E-state index is 5.79. The van der Waals surface area contributed by atoms with Gasteiger partial charge in [0.15, 0.2) is 0 Å². The van der Waals surface area contributed by atoms with E-state index >= 15 is 0 Å². The molecule has 0 aromatic rings. The predicted octanol–water partition coefficient (Wildman–Crippen LogP) is 1.05. The molecule has 0 amide bonds. The van der Waals surface area contributed by atoms with Crippen LogP contribution < -0.4 is 11.1 Å². The summed E-state index contributed by atoms with van der Waals surface area (Å²) in [5, 5.41) is 3.52. The summed E-state index contributed by atoms with van der Waals surface area (Å²) in [5.41, 5.74) is 5.83. The standard InChI is InChI=1S/C11H22N2O/c1-2-3-4-7-13-11(9-12)6-5-8-14-10-11/h2-3,13H,4-10,12H2,1H3/b3-2+. The smallest absolute Gasteiger partial charge is 0.0660 e. The van der Waals surface area contributed by atoms with E-state index in [1.54, 1.807) is 0 Å². The molecule has 0 radical (unpaired) electrons. The highest BCUT2D eigenvalue weighted by atomic mass is 16.5. The quantitative estimate of drug-likeness (QED) is 0.513. The van der Waals surface area contributed by atoms with Crippen LogP contribution in [0, 0.1) is 0 Å². The maximum absolute atomic E-state index is 5.79. The Bertz CT molecular complexity index is 174. The summed E-state index contributed by atoms with van der Waals surface area (Å²) in [4.78, 5) is 0. The molecule has 1 heterocycles. The molecule has 0 aromatic carbocycles. The van der Waals surface area contributed by atoms with Crippen LogP contribution in [-0.2, 0) is 4.74 Å². The summed E-state index contributed by atoms with van der Waals surface area (Å²) in [7, 11) is 0. The van der Waals surface area contributed by atoms with Crippen LogP contribution in [0.3, 0.4) is 0 Å². The first kappa shape index (κ1) is 11.7. The number of hydrogen-bond donors (Lipinski definition) is 2. The average Bonchev–Trinajstić information content (AvgIpc) is 2.26. The minimum absolute atomic E-state index is 0.0415. The Hall–Kier alpha value is -0.380. The molecule has 0 bridgehead atoms. The highest BCUT2D eigenvalue weighted by Gasteiger charge is 2.30. The lowest BCUT2D eigenvalue weighted by Crippen LogP contribution is -2.56. The van der Waals surface area contributed by atoms with Crippen molar-refractivity contribution in [3.8, 4) is 0 Å². The molecule has 0 saturated carbocycles. The first-order chi connectivity index (χ1) is 6.83. The van der Waals surface area contributed by atoms with Gasteiger partial charge in [-0.05, 0) is 32.7 Å². The first-order valence-electron chi connectivity index (χ1n) is 5.47. The number of nitrogens with two attached hydrogens (primary N) is 1. The first-order valence-corrected chi connectivity index (χ1v) is 5.47. The van der Waals surface area contributed by atoms with E-state index in [1.807, 2.05) is 6.92 Å². The van der Waals surface area contributed by atoms with Crippen molar-refractivity contribution >= 4 is 0 Å². The summed E-state index contributed by atoms with van der Waals surface area (Å²) >= 11 is 0. The van der Waals surface area contributed by atoms with Crippen LogP contribution >= 0.6 is 0 Å². The van der Waals surface area contributed by atoms with Crippen LogP contribution in [0.5, 0.6) is 0 Å². The van der Waals surface area contributed by atoms with Crippen LogP contribution in [0.1, 0.15) is 26.2 Å². The fourth-order valence-electron chi connectivity index (χ4n) is 1.81. The lowest BCUT2D eigenvalue weighted by Gasteiger charge is -2.37. The van der Waals surface area contributed by atoms with Crippen molar-refractivity contribution in [3.63, 3.8) is 0 Å². The summed E-state index contributed by atoms with van der Waals surface area (Å²) in [6.07, 6.45) is 7.57. The third-order valence-corrected chi connectivity index (χ3v) is 2.76. The van der Waals surface area contributed by atoms with Crippen LogP contribution in [0.15, 0.2) is 12.2 Å². The molecule has 1 atom stereocenters. The lowest BCUT2D eigenvalue weighted by molar-refractivity contribution is 0.0245. The maximum Gasteiger partial charge on any atom is 0.0660 e. The summed E-state index contributed by atoms with van der Waals surface area (Å²) in [6, 6.07) is 0. The van der Waals surface area contributed by atoms with Crippen molar-refractivity contribution in [1.82, 2.24) is 5.32 Å². The van der Waals surface area contributed by atoms with Crippen molar-refractivity contribution in [2.75, 3.05) is 26.3 Å². The van der Waals surface area contributed by atoms with Gasteiger partial charge in [-0.3, -0.25) is 0 Å². The van der Waals surface area contributed by atoms with Gasteiger partial charge in [0.05, 0.1) is 12.1 Å². The highest BCUT2D eigenvalue weighted by Crippen LogP contribution is 2.17. The number of nitrogens with one attached hydrogen (secondary N) is 1. The van der Waals surface area contributed by atoms with E-state index in [2.05, 4.69) is 17.5 Å². The van der Waals surface area contributed by atoms with E-state index in [-0.39, 0.29) is 5.54 Å². The Morgan fingerprint density at radius 1 is 1.57 bits per heavy atom. The predicted molar refractivity (Wildman–Crippen MR) is 59.3 cm³/mol. The van der Waals surface area contributed by atoms with Crippen molar-refractivity contribution in [1.29, 1.82) is 0 Å². The van der Waals surface area contributed by atoms with Gasteiger partial charge in [0.2, 0.25) is 0 Å². The lowest BCUT2D eigenvalue weighted by atomic mass is 9.92. The molecule has 0 aromatic heterocycles. The van der Waals surface area contributed by atoms with Gasteiger partial charge in [0.1, 0.15) is 0 Å². The van der Waals surface area contributed by atoms with E-state index in [0.717, 1.165) is 39.0 Å². The summed E-state index contributed by atoms with van der Waals surface area (Å²) < 4.78 is 5.47. The zero-order valence-electron chi connectivity index (χ0n) is 9.09. The summed E-state index contributed by atoms with van der Waals surface area (Å²) in [5.74, 6) is 0. The van der Waals surface area contributed by atoms with Crippen molar-refractivity contribution in [2.45, 2.75) is 31.7 Å². The van der Waals surface area contributed by atoms with Gasteiger partial charge in [-0.25, -0.2) is 0 Å². The topological polar surface area (TPSA) is 47.3 Å². The Morgan fingerprint density at radius 3 is 3.00 bits per heavy atom. The minimum atomic E-state index is 0.0415. The van der Waals surface area contributed by atoms with Gasteiger partial charge in [0.25, 0.3) is 0 Å². The molecule has 1 fully saturated rings. The van der Waals surface area contributed by atoms with Gasteiger partial charge in [-0.1, -0.05) is 12.2 Å². The normalized spacial score (nSPS) is 28.4. The molecule has 3 N–H and O–H groups in total. The molecule has 1 unspecified atom stereocenters. The molecule has 0 aliphatic carbocycles. The molecule has 0 spiro atoms. The molecule has 82 valence electrons. The Balaban J connectivity index is 2.28. The van der Waals surface area contributed by atoms with Gasteiger partial charge in [0, 0.05) is 13.2 Å². The Kier molecular flexibility index (Phi) is 5.15. The molecule has 3 heteroatoms. The molecule has 1 aliphatic rings. The van der Waals surface area contributed by atoms with Crippen LogP contribution in [0.2, 0.25) is 0 Å². The van der Waals surface area contributed by atoms with Gasteiger partial charge in [-0.2, -0.15) is 0 Å². The average molecular weight is 198 g/mol. The van der Waals surface area contributed by atoms with Crippen molar-refractivity contribution in [2.24, 2.45) is 5.73 Å².